The maximum absolute atomic E-state index is 11.3. The molecule has 0 radical (unpaired) electrons. The van der Waals surface area contributed by atoms with Gasteiger partial charge in [-0.15, -0.1) is 23.2 Å². The second kappa shape index (κ2) is 15.9. The topological polar surface area (TPSA) is 118 Å². The van der Waals surface area contributed by atoms with Crippen molar-refractivity contribution in [1.29, 1.82) is 5.26 Å². The van der Waals surface area contributed by atoms with Crippen LogP contribution in [-0.4, -0.2) is 51.8 Å². The number of hydrogen-bond acceptors (Lipinski definition) is 7. The van der Waals surface area contributed by atoms with Crippen LogP contribution in [-0.2, 0) is 23.9 Å². The lowest BCUT2D eigenvalue weighted by atomic mass is 10.2. The minimum atomic E-state index is -0.863. The molecular formula is C18H25Cl3N2O6. The van der Waals surface area contributed by atoms with E-state index < -0.39 is 39.7 Å². The first-order valence-corrected chi connectivity index (χ1v) is 9.40. The molecule has 1 N–H and O–H groups in total. The Balaban J connectivity index is -0.000000392. The predicted molar refractivity (Wildman–Crippen MR) is 111 cm³/mol. The van der Waals surface area contributed by atoms with Gasteiger partial charge in [0.1, 0.15) is 23.0 Å². The number of esters is 2. The van der Waals surface area contributed by atoms with Crippen LogP contribution in [0.3, 0.4) is 0 Å². The van der Waals surface area contributed by atoms with Crippen molar-refractivity contribution in [3.63, 3.8) is 0 Å². The minimum Gasteiger partial charge on any atom is -0.509 e. The second-order valence-electron chi connectivity index (χ2n) is 6.96. The van der Waals surface area contributed by atoms with Crippen molar-refractivity contribution in [3.8, 4) is 6.07 Å². The number of allylic oxidation sites excluding steroid dienone is 1. The molecule has 0 spiro atoms. The summed E-state index contributed by atoms with van der Waals surface area (Å²) in [5.74, 6) is -2.17. The van der Waals surface area contributed by atoms with Crippen molar-refractivity contribution in [3.05, 3.63) is 22.7 Å². The lowest BCUT2D eigenvalue weighted by Crippen LogP contribution is -2.25. The van der Waals surface area contributed by atoms with Crippen LogP contribution in [0.5, 0.6) is 0 Å². The van der Waals surface area contributed by atoms with Gasteiger partial charge in [0.05, 0.1) is 11.8 Å². The van der Waals surface area contributed by atoms with Crippen LogP contribution in [0.1, 0.15) is 41.5 Å². The van der Waals surface area contributed by atoms with Crippen molar-refractivity contribution in [2.24, 2.45) is 0 Å². The number of alkyl halides is 2. The quantitative estimate of drug-likeness (QED) is 0.124. The fourth-order valence-corrected chi connectivity index (χ4v) is 1.20. The van der Waals surface area contributed by atoms with Gasteiger partial charge < -0.3 is 19.4 Å². The molecule has 0 heterocycles. The molecule has 0 bridgehead atoms. The summed E-state index contributed by atoms with van der Waals surface area (Å²) in [4.78, 5) is 34.2. The standard InChI is InChI=1S/C9H12ClNO3.C7H11NO2.C2H2Cl2O/c1-9(2,3)14-8(13)6(5-11)7(12)4-10;1-7(2,3)10-6(9)5-8-4;3-1-2(4)5/h12H,4H2,1-3H3;5H2,1-3H3;1H2/b7-6-;;. The maximum atomic E-state index is 11.3. The van der Waals surface area contributed by atoms with Crippen LogP contribution in [0.2, 0.25) is 0 Å². The number of hydrogen-bond donors (Lipinski definition) is 1. The lowest BCUT2D eigenvalue weighted by molar-refractivity contribution is -0.152. The van der Waals surface area contributed by atoms with E-state index in [1.165, 1.54) is 0 Å². The summed E-state index contributed by atoms with van der Waals surface area (Å²) in [6, 6.07) is 1.55. The van der Waals surface area contributed by atoms with Gasteiger partial charge >= 0.3 is 18.5 Å². The number of ether oxygens (including phenoxy) is 2. The van der Waals surface area contributed by atoms with E-state index in [-0.39, 0.29) is 18.3 Å². The number of rotatable bonds is 4. The Bertz CT molecular complexity index is 665. The third kappa shape index (κ3) is 24.0. The fraction of sp³-hybridized carbons (Fsp3) is 0.611. The van der Waals surface area contributed by atoms with Crippen LogP contribution in [0.25, 0.3) is 4.85 Å². The summed E-state index contributed by atoms with van der Waals surface area (Å²) in [6.45, 7) is 16.5. The smallest absolute Gasteiger partial charge is 0.387 e. The van der Waals surface area contributed by atoms with Gasteiger partial charge in [0.15, 0.2) is 5.57 Å². The van der Waals surface area contributed by atoms with Gasteiger partial charge in [0, 0.05) is 0 Å². The number of nitrogens with zero attached hydrogens (tertiary/aromatic N) is 2. The molecule has 0 aromatic heterocycles. The van der Waals surface area contributed by atoms with Crippen molar-refractivity contribution in [2.45, 2.75) is 52.7 Å². The van der Waals surface area contributed by atoms with Crippen LogP contribution >= 0.6 is 34.8 Å². The third-order valence-corrected chi connectivity index (χ3v) is 2.63. The minimum absolute atomic E-state index is 0.0957. The molecule has 0 aliphatic heterocycles. The highest BCUT2D eigenvalue weighted by atomic mass is 35.5. The zero-order valence-electron chi connectivity index (χ0n) is 17.1. The molecule has 0 saturated carbocycles. The molecule has 11 heteroatoms. The number of halogens is 3. The van der Waals surface area contributed by atoms with Gasteiger partial charge in [-0.1, -0.05) is 0 Å². The first-order valence-electron chi connectivity index (χ1n) is 7.95. The summed E-state index contributed by atoms with van der Waals surface area (Å²) >= 11 is 14.8. The Morgan fingerprint density at radius 2 is 1.45 bits per heavy atom. The van der Waals surface area contributed by atoms with E-state index in [0.717, 1.165) is 0 Å². The first-order chi connectivity index (χ1) is 13.0. The number of nitriles is 1. The van der Waals surface area contributed by atoms with E-state index in [2.05, 4.69) is 4.85 Å². The highest BCUT2D eigenvalue weighted by Crippen LogP contribution is 2.13. The van der Waals surface area contributed by atoms with Gasteiger partial charge in [-0.2, -0.15) is 5.26 Å². The van der Waals surface area contributed by atoms with Crippen molar-refractivity contribution in [2.75, 3.05) is 18.3 Å². The first kappa shape index (κ1) is 31.7. The third-order valence-electron chi connectivity index (χ3n) is 1.86. The van der Waals surface area contributed by atoms with Crippen LogP contribution in [0.15, 0.2) is 11.3 Å². The highest BCUT2D eigenvalue weighted by Gasteiger charge is 2.22. The molecular weight excluding hydrogens is 447 g/mol. The molecule has 0 aromatic rings. The van der Waals surface area contributed by atoms with Crippen molar-refractivity contribution < 1.29 is 29.0 Å². The summed E-state index contributed by atoms with van der Waals surface area (Å²) < 4.78 is 9.70. The molecule has 0 amide bonds. The predicted octanol–water partition coefficient (Wildman–Crippen LogP) is 4.14. The monoisotopic (exact) mass is 470 g/mol. The van der Waals surface area contributed by atoms with Crippen LogP contribution in [0.4, 0.5) is 0 Å². The molecule has 0 rings (SSSR count). The Morgan fingerprint density at radius 3 is 1.69 bits per heavy atom. The van der Waals surface area contributed by atoms with E-state index in [0.29, 0.717) is 0 Å². The SMILES string of the molecule is CC(C)(C)OC(=O)/C(C#N)=C(\O)CCl.O=C(Cl)CCl.[C-]#[N+]CC(=O)OC(C)(C)C. The van der Waals surface area contributed by atoms with Gasteiger partial charge in [-0.05, 0) is 53.1 Å². The average Bonchev–Trinajstić information content (AvgIpc) is 2.53. The molecule has 164 valence electrons. The van der Waals surface area contributed by atoms with E-state index in [1.807, 2.05) is 0 Å². The lowest BCUT2D eigenvalue weighted by Gasteiger charge is -2.19. The average molecular weight is 472 g/mol. The molecule has 0 unspecified atom stereocenters. The summed E-state index contributed by atoms with van der Waals surface area (Å²) in [5, 5.41) is 17.2. The normalized spacial score (nSPS) is 11.0. The summed E-state index contributed by atoms with van der Waals surface area (Å²) in [5.41, 5.74) is -1.62. The zero-order chi connectivity index (χ0) is 23.8. The molecule has 0 aliphatic carbocycles. The van der Waals surface area contributed by atoms with E-state index in [4.69, 9.17) is 61.2 Å². The Hall–Kier alpha value is -2.00. The van der Waals surface area contributed by atoms with Gasteiger partial charge in [-0.25, -0.2) is 16.2 Å². The van der Waals surface area contributed by atoms with E-state index in [1.54, 1.807) is 47.6 Å². The molecule has 0 aromatic carbocycles. The molecule has 0 aliphatic rings. The summed E-state index contributed by atoms with van der Waals surface area (Å²) in [6.07, 6.45) is 0. The highest BCUT2D eigenvalue weighted by molar-refractivity contribution is 6.67. The number of carbonyl (C=O) groups is 3. The van der Waals surface area contributed by atoms with Gasteiger partial charge in [0.25, 0.3) is 0 Å². The van der Waals surface area contributed by atoms with Gasteiger partial charge in [0.2, 0.25) is 5.24 Å². The zero-order valence-corrected chi connectivity index (χ0v) is 19.4. The molecule has 29 heavy (non-hydrogen) atoms. The Morgan fingerprint density at radius 1 is 1.03 bits per heavy atom. The van der Waals surface area contributed by atoms with Crippen molar-refractivity contribution in [1.82, 2.24) is 0 Å². The van der Waals surface area contributed by atoms with Crippen LogP contribution < -0.4 is 0 Å². The van der Waals surface area contributed by atoms with Crippen LogP contribution in [0, 0.1) is 17.9 Å². The maximum Gasteiger partial charge on any atom is 0.387 e. The van der Waals surface area contributed by atoms with E-state index >= 15 is 0 Å². The largest absolute Gasteiger partial charge is 0.509 e. The molecule has 0 fully saturated rings. The second-order valence-corrected chi connectivity index (χ2v) is 7.92. The number of carbonyl (C=O) groups excluding carboxylic acids is 3. The number of aliphatic hydroxyl groups is 1. The fourth-order valence-electron chi connectivity index (χ4n) is 1.06. The molecule has 8 nitrogen and oxygen atoms in total. The van der Waals surface area contributed by atoms with Crippen molar-refractivity contribution >= 4 is 52.0 Å². The Kier molecular flexibility index (Phi) is 17.3. The van der Waals surface area contributed by atoms with E-state index in [9.17, 15) is 14.4 Å². The summed E-state index contributed by atoms with van der Waals surface area (Å²) in [7, 11) is 0. The number of aliphatic hydroxyl groups excluding tert-OH is 1. The van der Waals surface area contributed by atoms with Gasteiger partial charge in [-0.3, -0.25) is 4.79 Å². The molecule has 0 saturated heterocycles. The Labute approximate surface area is 186 Å². The molecule has 0 atom stereocenters.